The number of halogens is 1. The standard InChI is InChI=1S/C24H25FN6O2/c1-29(27)22(21(26)16-2-6-18(25)7-3-16)20-10-30(15-28-20)19-8-4-17(5-9-19)23(32)31-11-24(12-31)13-33-14-24/h2-10,15H,11-14,26-27H2,1H3/b22-21-. The zero-order chi connectivity index (χ0) is 23.2. The lowest BCUT2D eigenvalue weighted by Crippen LogP contribution is -2.67. The molecule has 2 aliphatic heterocycles. The fourth-order valence-corrected chi connectivity index (χ4v) is 4.30. The molecule has 1 amide bonds. The number of amides is 1. The van der Waals surface area contributed by atoms with Crippen LogP contribution < -0.4 is 11.6 Å². The van der Waals surface area contributed by atoms with Gasteiger partial charge in [0, 0.05) is 37.6 Å². The number of ether oxygens (including phenoxy) is 1. The molecule has 0 aliphatic carbocycles. The van der Waals surface area contributed by atoms with Crippen molar-refractivity contribution in [3.63, 3.8) is 0 Å². The van der Waals surface area contributed by atoms with Crippen molar-refractivity contribution in [2.24, 2.45) is 17.0 Å². The smallest absolute Gasteiger partial charge is 0.253 e. The van der Waals surface area contributed by atoms with Crippen LogP contribution in [0.4, 0.5) is 4.39 Å². The maximum atomic E-state index is 13.3. The first-order valence-corrected chi connectivity index (χ1v) is 10.6. The van der Waals surface area contributed by atoms with Crippen LogP contribution in [0, 0.1) is 11.2 Å². The molecule has 2 aromatic carbocycles. The highest BCUT2D eigenvalue weighted by atomic mass is 19.1. The van der Waals surface area contributed by atoms with Gasteiger partial charge in [-0.3, -0.25) is 4.79 Å². The highest BCUT2D eigenvalue weighted by Gasteiger charge is 2.50. The molecule has 0 atom stereocenters. The van der Waals surface area contributed by atoms with Crippen LogP contribution in [0.5, 0.6) is 0 Å². The molecule has 170 valence electrons. The van der Waals surface area contributed by atoms with Crippen LogP contribution in [0.3, 0.4) is 0 Å². The Balaban J connectivity index is 1.35. The summed E-state index contributed by atoms with van der Waals surface area (Å²) in [5.74, 6) is 5.73. The highest BCUT2D eigenvalue weighted by molar-refractivity contribution is 5.95. The number of benzene rings is 2. The fraction of sp³-hybridized carbons (Fsp3) is 0.250. The molecule has 3 heterocycles. The molecule has 2 fully saturated rings. The van der Waals surface area contributed by atoms with Crippen molar-refractivity contribution in [2.45, 2.75) is 0 Å². The van der Waals surface area contributed by atoms with Gasteiger partial charge in [0.2, 0.25) is 0 Å². The van der Waals surface area contributed by atoms with Crippen LogP contribution in [0.1, 0.15) is 21.6 Å². The van der Waals surface area contributed by atoms with E-state index in [0.717, 1.165) is 32.0 Å². The molecule has 5 rings (SSSR count). The van der Waals surface area contributed by atoms with Gasteiger partial charge >= 0.3 is 0 Å². The summed E-state index contributed by atoms with van der Waals surface area (Å²) >= 11 is 0. The monoisotopic (exact) mass is 448 g/mol. The van der Waals surface area contributed by atoms with Gasteiger partial charge in [0.1, 0.15) is 17.2 Å². The van der Waals surface area contributed by atoms with Crippen molar-refractivity contribution in [2.75, 3.05) is 33.4 Å². The second-order valence-corrected chi connectivity index (χ2v) is 8.75. The van der Waals surface area contributed by atoms with Crippen molar-refractivity contribution in [1.82, 2.24) is 19.5 Å². The van der Waals surface area contributed by atoms with Crippen LogP contribution in [-0.2, 0) is 4.74 Å². The highest BCUT2D eigenvalue weighted by Crippen LogP contribution is 2.38. The zero-order valence-corrected chi connectivity index (χ0v) is 18.2. The number of nitrogens with zero attached hydrogens (tertiary/aromatic N) is 4. The lowest BCUT2D eigenvalue weighted by atomic mass is 9.78. The molecule has 0 bridgehead atoms. The van der Waals surface area contributed by atoms with Gasteiger partial charge in [0.25, 0.3) is 5.91 Å². The Hall–Kier alpha value is -3.69. The molecule has 33 heavy (non-hydrogen) atoms. The first-order chi connectivity index (χ1) is 15.8. The summed E-state index contributed by atoms with van der Waals surface area (Å²) in [6.07, 6.45) is 3.46. The summed E-state index contributed by atoms with van der Waals surface area (Å²) in [4.78, 5) is 19.0. The number of hydrazine groups is 1. The number of aromatic nitrogens is 2. The summed E-state index contributed by atoms with van der Waals surface area (Å²) in [5.41, 5.74) is 10.1. The van der Waals surface area contributed by atoms with E-state index in [1.807, 2.05) is 39.9 Å². The predicted octanol–water partition coefficient (Wildman–Crippen LogP) is 2.07. The summed E-state index contributed by atoms with van der Waals surface area (Å²) in [5, 5.41) is 1.39. The van der Waals surface area contributed by atoms with Gasteiger partial charge in [-0.05, 0) is 54.1 Å². The van der Waals surface area contributed by atoms with Gasteiger partial charge in [-0.15, -0.1) is 0 Å². The Morgan fingerprint density at radius 3 is 2.30 bits per heavy atom. The van der Waals surface area contributed by atoms with E-state index in [-0.39, 0.29) is 17.1 Å². The number of hydrogen-bond acceptors (Lipinski definition) is 6. The molecule has 0 saturated carbocycles. The van der Waals surface area contributed by atoms with Gasteiger partial charge in [-0.1, -0.05) is 0 Å². The second-order valence-electron chi connectivity index (χ2n) is 8.75. The third-order valence-corrected chi connectivity index (χ3v) is 6.16. The Kier molecular flexibility index (Phi) is 5.15. The van der Waals surface area contributed by atoms with Gasteiger partial charge in [-0.2, -0.15) is 0 Å². The van der Waals surface area contributed by atoms with E-state index in [4.69, 9.17) is 16.3 Å². The number of carbonyl (C=O) groups excluding carboxylic acids is 1. The molecule has 0 unspecified atom stereocenters. The zero-order valence-electron chi connectivity index (χ0n) is 18.2. The SMILES string of the molecule is CN(N)/C(=C(\N)c1ccc(F)cc1)c1cn(-c2ccc(C(=O)N3CC4(COC4)C3)cc2)cn1. The van der Waals surface area contributed by atoms with E-state index in [2.05, 4.69) is 4.98 Å². The lowest BCUT2D eigenvalue weighted by Gasteiger charge is -2.54. The molecule has 2 aliphatic rings. The number of carbonyl (C=O) groups is 1. The molecule has 4 N–H and O–H groups in total. The van der Waals surface area contributed by atoms with Gasteiger partial charge in [0.15, 0.2) is 0 Å². The van der Waals surface area contributed by atoms with Crippen molar-refractivity contribution in [3.8, 4) is 5.69 Å². The van der Waals surface area contributed by atoms with Crippen molar-refractivity contribution in [1.29, 1.82) is 0 Å². The van der Waals surface area contributed by atoms with E-state index in [0.29, 0.717) is 28.2 Å². The Morgan fingerprint density at radius 2 is 1.73 bits per heavy atom. The molecule has 8 nitrogen and oxygen atoms in total. The quantitative estimate of drug-likeness (QED) is 0.458. The number of imidazole rings is 1. The molecular formula is C24H25FN6O2. The first-order valence-electron chi connectivity index (χ1n) is 10.6. The van der Waals surface area contributed by atoms with Crippen LogP contribution in [0.25, 0.3) is 17.1 Å². The maximum absolute atomic E-state index is 13.3. The molecule has 1 aromatic heterocycles. The van der Waals surface area contributed by atoms with E-state index in [1.165, 1.54) is 17.1 Å². The average Bonchev–Trinajstić information content (AvgIpc) is 3.21. The summed E-state index contributed by atoms with van der Waals surface area (Å²) in [6.45, 7) is 3.02. The third kappa shape index (κ3) is 3.85. The van der Waals surface area contributed by atoms with Crippen molar-refractivity contribution >= 4 is 17.3 Å². The van der Waals surface area contributed by atoms with Crippen LogP contribution in [0.2, 0.25) is 0 Å². The Bertz CT molecular complexity index is 1200. The number of likely N-dealkylation sites (tertiary alicyclic amines) is 1. The molecular weight excluding hydrogens is 423 g/mol. The van der Waals surface area contributed by atoms with Crippen molar-refractivity contribution in [3.05, 3.63) is 83.7 Å². The maximum Gasteiger partial charge on any atom is 0.253 e. The largest absolute Gasteiger partial charge is 0.396 e. The minimum atomic E-state index is -0.342. The number of rotatable bonds is 5. The van der Waals surface area contributed by atoms with Gasteiger partial charge < -0.3 is 24.9 Å². The topological polar surface area (TPSA) is 103 Å². The molecule has 0 radical (unpaired) electrons. The first kappa shape index (κ1) is 21.2. The molecule has 1 spiro atoms. The predicted molar refractivity (Wildman–Crippen MR) is 122 cm³/mol. The molecule has 2 saturated heterocycles. The van der Waals surface area contributed by atoms with Crippen molar-refractivity contribution < 1.29 is 13.9 Å². The molecule has 3 aromatic rings. The minimum absolute atomic E-state index is 0.0347. The minimum Gasteiger partial charge on any atom is -0.396 e. The Morgan fingerprint density at radius 1 is 1.09 bits per heavy atom. The normalized spacial score (nSPS) is 17.2. The lowest BCUT2D eigenvalue weighted by molar-refractivity contribution is -0.176. The summed E-state index contributed by atoms with van der Waals surface area (Å²) < 4.78 is 20.4. The number of hydrogen-bond donors (Lipinski definition) is 2. The van der Waals surface area contributed by atoms with Crippen LogP contribution in [0.15, 0.2) is 61.1 Å². The van der Waals surface area contributed by atoms with Crippen LogP contribution >= 0.6 is 0 Å². The van der Waals surface area contributed by atoms with E-state index in [1.54, 1.807) is 25.5 Å². The summed E-state index contributed by atoms with van der Waals surface area (Å²) in [6, 6.07) is 13.3. The van der Waals surface area contributed by atoms with E-state index in [9.17, 15) is 9.18 Å². The van der Waals surface area contributed by atoms with E-state index >= 15 is 0 Å². The average molecular weight is 449 g/mol. The van der Waals surface area contributed by atoms with Gasteiger partial charge in [-0.25, -0.2) is 15.2 Å². The van der Waals surface area contributed by atoms with Gasteiger partial charge in [0.05, 0.1) is 30.7 Å². The number of nitrogens with two attached hydrogens (primary N) is 2. The molecule has 9 heteroatoms. The fourth-order valence-electron chi connectivity index (χ4n) is 4.30. The Labute approximate surface area is 190 Å². The van der Waals surface area contributed by atoms with Crippen LogP contribution in [-0.4, -0.2) is 58.7 Å². The summed E-state index contributed by atoms with van der Waals surface area (Å²) in [7, 11) is 1.67. The van der Waals surface area contributed by atoms with E-state index < -0.39 is 0 Å². The second kappa shape index (κ2) is 8.02. The third-order valence-electron chi connectivity index (χ3n) is 6.16.